The first kappa shape index (κ1) is 17.1. The minimum atomic E-state index is -0.480. The van der Waals surface area contributed by atoms with E-state index in [1.807, 2.05) is 18.2 Å². The predicted octanol–water partition coefficient (Wildman–Crippen LogP) is 3.49. The first-order valence-electron chi connectivity index (χ1n) is 7.41. The Kier molecular flexibility index (Phi) is 5.11. The van der Waals surface area contributed by atoms with Crippen molar-refractivity contribution in [3.8, 4) is 10.6 Å². The summed E-state index contributed by atoms with van der Waals surface area (Å²) in [6, 6.07) is 14.1. The van der Waals surface area contributed by atoms with Crippen molar-refractivity contribution in [1.82, 2.24) is 10.3 Å². The van der Waals surface area contributed by atoms with Crippen LogP contribution in [-0.4, -0.2) is 16.8 Å². The normalized spacial score (nSPS) is 10.4. The molecule has 2 amide bonds. The number of primary amides is 1. The van der Waals surface area contributed by atoms with Crippen molar-refractivity contribution in [2.45, 2.75) is 6.54 Å². The molecular formula is C18H14ClN3O2S. The standard InChI is InChI=1S/C18H14ClN3O2S/c19-14-3-1-2-13(8-14)18-22-15(10-25-18)17(24)21-9-11-4-6-12(7-5-11)16(20)23/h1-8,10H,9H2,(H2,20,23)(H,21,24). The lowest BCUT2D eigenvalue weighted by atomic mass is 10.1. The van der Waals surface area contributed by atoms with Gasteiger partial charge < -0.3 is 11.1 Å². The quantitative estimate of drug-likeness (QED) is 0.719. The molecule has 0 radical (unpaired) electrons. The van der Waals surface area contributed by atoms with Gasteiger partial charge >= 0.3 is 0 Å². The summed E-state index contributed by atoms with van der Waals surface area (Å²) in [5.41, 5.74) is 7.72. The zero-order chi connectivity index (χ0) is 17.8. The fourth-order valence-corrected chi connectivity index (χ4v) is 3.18. The zero-order valence-corrected chi connectivity index (χ0v) is 14.6. The van der Waals surface area contributed by atoms with E-state index in [1.165, 1.54) is 11.3 Å². The highest BCUT2D eigenvalue weighted by atomic mass is 35.5. The fourth-order valence-electron chi connectivity index (χ4n) is 2.19. The number of thiazole rings is 1. The lowest BCUT2D eigenvalue weighted by molar-refractivity contribution is 0.0945. The molecule has 3 aromatic rings. The van der Waals surface area contributed by atoms with Crippen molar-refractivity contribution in [1.29, 1.82) is 0 Å². The third-order valence-electron chi connectivity index (χ3n) is 3.50. The lowest BCUT2D eigenvalue weighted by Crippen LogP contribution is -2.23. The number of halogens is 1. The van der Waals surface area contributed by atoms with Crippen LogP contribution in [0, 0.1) is 0 Å². The second-order valence-corrected chi connectivity index (χ2v) is 6.59. The molecule has 25 heavy (non-hydrogen) atoms. The van der Waals surface area contributed by atoms with E-state index in [2.05, 4.69) is 10.3 Å². The summed E-state index contributed by atoms with van der Waals surface area (Å²) in [5.74, 6) is -0.741. The molecule has 0 bridgehead atoms. The largest absolute Gasteiger partial charge is 0.366 e. The predicted molar refractivity (Wildman–Crippen MR) is 98.7 cm³/mol. The number of hydrogen-bond donors (Lipinski definition) is 2. The summed E-state index contributed by atoms with van der Waals surface area (Å²) in [6.45, 7) is 0.335. The van der Waals surface area contributed by atoms with Gasteiger partial charge in [-0.25, -0.2) is 4.98 Å². The van der Waals surface area contributed by atoms with Crippen LogP contribution < -0.4 is 11.1 Å². The SMILES string of the molecule is NC(=O)c1ccc(CNC(=O)c2csc(-c3cccc(Cl)c3)n2)cc1. The van der Waals surface area contributed by atoms with Crippen molar-refractivity contribution in [2.24, 2.45) is 5.73 Å². The van der Waals surface area contributed by atoms with Gasteiger partial charge in [0.2, 0.25) is 5.91 Å². The summed E-state index contributed by atoms with van der Waals surface area (Å²) in [5, 5.41) is 5.87. The molecule has 5 nitrogen and oxygen atoms in total. The Morgan fingerprint density at radius 2 is 1.92 bits per heavy atom. The second kappa shape index (κ2) is 7.46. The van der Waals surface area contributed by atoms with Gasteiger partial charge in [-0.3, -0.25) is 9.59 Å². The molecular weight excluding hydrogens is 358 g/mol. The number of nitrogens with one attached hydrogen (secondary N) is 1. The van der Waals surface area contributed by atoms with E-state index >= 15 is 0 Å². The molecule has 0 spiro atoms. The third kappa shape index (κ3) is 4.23. The second-order valence-electron chi connectivity index (χ2n) is 5.29. The Bertz CT molecular complexity index is 922. The molecule has 0 saturated heterocycles. The summed E-state index contributed by atoms with van der Waals surface area (Å²) in [4.78, 5) is 27.6. The number of rotatable bonds is 5. The Balaban J connectivity index is 1.65. The Hall–Kier alpha value is -2.70. The van der Waals surface area contributed by atoms with Crippen LogP contribution in [0.5, 0.6) is 0 Å². The van der Waals surface area contributed by atoms with Crippen molar-refractivity contribution in [3.05, 3.63) is 75.8 Å². The molecule has 1 aromatic heterocycles. The summed E-state index contributed by atoms with van der Waals surface area (Å²) in [7, 11) is 0. The molecule has 7 heteroatoms. The van der Waals surface area contributed by atoms with Crippen molar-refractivity contribution in [3.63, 3.8) is 0 Å². The maximum absolute atomic E-state index is 12.2. The number of carbonyl (C=O) groups excluding carboxylic acids is 2. The van der Waals surface area contributed by atoms with Crippen LogP contribution in [-0.2, 0) is 6.54 Å². The van der Waals surface area contributed by atoms with Gasteiger partial charge in [-0.15, -0.1) is 11.3 Å². The Labute approximate surface area is 153 Å². The summed E-state index contributed by atoms with van der Waals surface area (Å²) < 4.78 is 0. The molecule has 0 fully saturated rings. The topological polar surface area (TPSA) is 85.1 Å². The van der Waals surface area contributed by atoms with Crippen molar-refractivity contribution in [2.75, 3.05) is 0 Å². The molecule has 3 rings (SSSR count). The number of amides is 2. The van der Waals surface area contributed by atoms with Crippen LogP contribution in [0.4, 0.5) is 0 Å². The van der Waals surface area contributed by atoms with E-state index in [4.69, 9.17) is 17.3 Å². The number of aromatic nitrogens is 1. The molecule has 2 aromatic carbocycles. The minimum absolute atomic E-state index is 0.261. The van der Waals surface area contributed by atoms with E-state index < -0.39 is 5.91 Å². The number of benzene rings is 2. The van der Waals surface area contributed by atoms with Crippen molar-refractivity contribution < 1.29 is 9.59 Å². The average molecular weight is 372 g/mol. The van der Waals surface area contributed by atoms with Crippen LogP contribution in [0.3, 0.4) is 0 Å². The van der Waals surface area contributed by atoms with Crippen molar-refractivity contribution >= 4 is 34.8 Å². The molecule has 126 valence electrons. The summed E-state index contributed by atoms with van der Waals surface area (Å²) >= 11 is 7.37. The number of nitrogens with zero attached hydrogens (tertiary/aromatic N) is 1. The van der Waals surface area contributed by atoms with Crippen LogP contribution in [0.15, 0.2) is 53.9 Å². The van der Waals surface area contributed by atoms with Crippen LogP contribution in [0.25, 0.3) is 10.6 Å². The maximum atomic E-state index is 12.2. The maximum Gasteiger partial charge on any atom is 0.271 e. The fraction of sp³-hybridized carbons (Fsp3) is 0.0556. The molecule has 1 heterocycles. The zero-order valence-electron chi connectivity index (χ0n) is 13.0. The number of hydrogen-bond acceptors (Lipinski definition) is 4. The molecule has 0 saturated carbocycles. The molecule has 3 N–H and O–H groups in total. The highest BCUT2D eigenvalue weighted by molar-refractivity contribution is 7.13. The first-order valence-corrected chi connectivity index (χ1v) is 8.67. The van der Waals surface area contributed by atoms with Gasteiger partial charge in [0.15, 0.2) is 0 Å². The van der Waals surface area contributed by atoms with Gasteiger partial charge in [0.05, 0.1) is 0 Å². The molecule has 0 unspecified atom stereocenters. The number of nitrogens with two attached hydrogens (primary N) is 1. The highest BCUT2D eigenvalue weighted by Crippen LogP contribution is 2.26. The average Bonchev–Trinajstić information content (AvgIpc) is 3.10. The number of carbonyl (C=O) groups is 2. The van der Waals surface area contributed by atoms with E-state index in [9.17, 15) is 9.59 Å². The van der Waals surface area contributed by atoms with Crippen LogP contribution >= 0.6 is 22.9 Å². The van der Waals surface area contributed by atoms with Gasteiger partial charge in [0.1, 0.15) is 10.7 Å². The summed E-state index contributed by atoms with van der Waals surface area (Å²) in [6.07, 6.45) is 0. The van der Waals surface area contributed by atoms with Gasteiger partial charge in [0.25, 0.3) is 5.91 Å². The van der Waals surface area contributed by atoms with Gasteiger partial charge in [-0.2, -0.15) is 0 Å². The van der Waals surface area contributed by atoms with Gasteiger partial charge in [-0.1, -0.05) is 35.9 Å². The Morgan fingerprint density at radius 1 is 1.16 bits per heavy atom. The molecule has 0 aliphatic carbocycles. The molecule has 0 atom stereocenters. The van der Waals surface area contributed by atoms with Gasteiger partial charge in [0, 0.05) is 28.1 Å². The third-order valence-corrected chi connectivity index (χ3v) is 4.63. The first-order chi connectivity index (χ1) is 12.0. The minimum Gasteiger partial charge on any atom is -0.366 e. The van der Waals surface area contributed by atoms with Crippen LogP contribution in [0.2, 0.25) is 5.02 Å². The smallest absolute Gasteiger partial charge is 0.271 e. The molecule has 0 aliphatic rings. The van der Waals surface area contributed by atoms with E-state index in [1.54, 1.807) is 35.7 Å². The van der Waals surface area contributed by atoms with E-state index in [-0.39, 0.29) is 5.91 Å². The van der Waals surface area contributed by atoms with Crippen LogP contribution in [0.1, 0.15) is 26.4 Å². The van der Waals surface area contributed by atoms with E-state index in [0.717, 1.165) is 16.1 Å². The monoisotopic (exact) mass is 371 g/mol. The molecule has 0 aliphatic heterocycles. The van der Waals surface area contributed by atoms with Gasteiger partial charge in [-0.05, 0) is 29.8 Å². The van der Waals surface area contributed by atoms with E-state index in [0.29, 0.717) is 22.8 Å². The highest BCUT2D eigenvalue weighted by Gasteiger charge is 2.12. The lowest BCUT2D eigenvalue weighted by Gasteiger charge is -2.04. The Morgan fingerprint density at radius 3 is 2.60 bits per heavy atom.